The van der Waals surface area contributed by atoms with Crippen molar-refractivity contribution in [1.82, 2.24) is 0 Å². The van der Waals surface area contributed by atoms with Gasteiger partial charge in [0.1, 0.15) is 0 Å². The van der Waals surface area contributed by atoms with Crippen molar-refractivity contribution in [3.63, 3.8) is 0 Å². The zero-order chi connectivity index (χ0) is 21.7. The summed E-state index contributed by atoms with van der Waals surface area (Å²) in [6.45, 7) is 19.6. The van der Waals surface area contributed by atoms with Crippen molar-refractivity contribution >= 4 is 0 Å². The second-order valence-corrected chi connectivity index (χ2v) is 13.6. The number of fused-ring (bicyclic) bond motifs is 7. The molecule has 0 aliphatic heterocycles. The Labute approximate surface area is 186 Å². The molecule has 5 aliphatic carbocycles. The first-order valence-electron chi connectivity index (χ1n) is 13.1. The smallest absolute Gasteiger partial charge is 0.0191 e. The van der Waals surface area contributed by atoms with Crippen LogP contribution in [0.3, 0.4) is 0 Å². The quantitative estimate of drug-likeness (QED) is 0.445. The van der Waals surface area contributed by atoms with Gasteiger partial charge in [-0.05, 0) is 123 Å². The van der Waals surface area contributed by atoms with Crippen LogP contribution < -0.4 is 5.73 Å². The summed E-state index contributed by atoms with van der Waals surface area (Å²) in [6, 6.07) is 0. The van der Waals surface area contributed by atoms with Crippen LogP contribution in [0.1, 0.15) is 99.3 Å². The topological polar surface area (TPSA) is 26.0 Å². The maximum absolute atomic E-state index is 7.14. The molecule has 0 aromatic rings. The van der Waals surface area contributed by atoms with Gasteiger partial charge in [0.05, 0.1) is 0 Å². The molecule has 0 aromatic carbocycles. The van der Waals surface area contributed by atoms with E-state index >= 15 is 0 Å². The monoisotopic (exact) mass is 409 g/mol. The van der Waals surface area contributed by atoms with Crippen LogP contribution in [0.25, 0.3) is 0 Å². The summed E-state index contributed by atoms with van der Waals surface area (Å²) in [4.78, 5) is 0. The molecule has 0 radical (unpaired) electrons. The average molecular weight is 410 g/mol. The van der Waals surface area contributed by atoms with Crippen LogP contribution in [0.15, 0.2) is 23.8 Å². The lowest BCUT2D eigenvalue weighted by atomic mass is 9.37. The Balaban J connectivity index is 1.51. The fourth-order valence-electron chi connectivity index (χ4n) is 10.6. The fourth-order valence-corrected chi connectivity index (χ4v) is 10.6. The Morgan fingerprint density at radius 2 is 1.63 bits per heavy atom. The number of allylic oxidation sites excluding steroid dienone is 3. The van der Waals surface area contributed by atoms with Gasteiger partial charge in [0.15, 0.2) is 0 Å². The summed E-state index contributed by atoms with van der Waals surface area (Å²) in [5, 5.41) is 0. The van der Waals surface area contributed by atoms with E-state index in [1.165, 1.54) is 63.4 Å². The van der Waals surface area contributed by atoms with Crippen molar-refractivity contribution in [2.75, 3.05) is 0 Å². The van der Waals surface area contributed by atoms with Gasteiger partial charge >= 0.3 is 0 Å². The Bertz CT molecular complexity index is 775. The van der Waals surface area contributed by atoms with Gasteiger partial charge in [-0.1, -0.05) is 51.5 Å². The summed E-state index contributed by atoms with van der Waals surface area (Å²) < 4.78 is 0. The van der Waals surface area contributed by atoms with Gasteiger partial charge in [-0.2, -0.15) is 0 Å². The fraction of sp³-hybridized carbons (Fsp3) is 0.862. The normalized spacial score (nSPS) is 54.3. The van der Waals surface area contributed by atoms with Gasteiger partial charge in [-0.15, -0.1) is 0 Å². The molecule has 4 saturated carbocycles. The predicted octanol–water partition coefficient (Wildman–Crippen LogP) is 7.52. The van der Waals surface area contributed by atoms with Gasteiger partial charge in [-0.25, -0.2) is 0 Å². The molecule has 9 atom stereocenters. The molecule has 4 fully saturated rings. The third-order valence-corrected chi connectivity index (χ3v) is 12.3. The van der Waals surface area contributed by atoms with Crippen LogP contribution in [0.2, 0.25) is 0 Å². The second-order valence-electron chi connectivity index (χ2n) is 13.6. The largest absolute Gasteiger partial charge is 0.325 e. The van der Waals surface area contributed by atoms with E-state index in [1.807, 2.05) is 0 Å². The molecule has 30 heavy (non-hydrogen) atoms. The molecule has 0 unspecified atom stereocenters. The minimum Gasteiger partial charge on any atom is -0.325 e. The average Bonchev–Trinajstić information content (AvgIpc) is 3.03. The molecule has 5 rings (SSSR count). The lowest BCUT2D eigenvalue weighted by Crippen LogP contribution is -2.63. The molecule has 0 aromatic heterocycles. The third-order valence-electron chi connectivity index (χ3n) is 12.3. The molecular formula is C29H47N. The predicted molar refractivity (Wildman–Crippen MR) is 128 cm³/mol. The molecule has 5 aliphatic rings. The third kappa shape index (κ3) is 2.57. The highest BCUT2D eigenvalue weighted by Gasteiger charge is 2.65. The van der Waals surface area contributed by atoms with Crippen LogP contribution in [0.4, 0.5) is 0 Å². The van der Waals surface area contributed by atoms with Crippen molar-refractivity contribution in [2.24, 2.45) is 57.5 Å². The zero-order valence-electron chi connectivity index (χ0n) is 20.7. The minimum atomic E-state index is 0.0990. The first kappa shape index (κ1) is 21.3. The number of nitrogens with two attached hydrogens (primary N) is 1. The van der Waals surface area contributed by atoms with Gasteiger partial charge in [0.2, 0.25) is 0 Å². The molecule has 2 N–H and O–H groups in total. The maximum atomic E-state index is 7.14. The zero-order valence-corrected chi connectivity index (χ0v) is 20.7. The van der Waals surface area contributed by atoms with E-state index in [9.17, 15) is 0 Å². The number of rotatable bonds is 1. The van der Waals surface area contributed by atoms with E-state index in [4.69, 9.17) is 5.73 Å². The summed E-state index contributed by atoms with van der Waals surface area (Å²) in [5.74, 6) is 4.81. The summed E-state index contributed by atoms with van der Waals surface area (Å²) in [5.41, 5.74) is 11.6. The van der Waals surface area contributed by atoms with Crippen molar-refractivity contribution in [3.05, 3.63) is 23.8 Å². The van der Waals surface area contributed by atoms with Crippen LogP contribution in [0.5, 0.6) is 0 Å². The first-order chi connectivity index (χ1) is 13.9. The highest BCUT2D eigenvalue weighted by molar-refractivity contribution is 5.25. The van der Waals surface area contributed by atoms with E-state index < -0.39 is 0 Å². The van der Waals surface area contributed by atoms with Crippen molar-refractivity contribution < 1.29 is 0 Å². The molecule has 0 heterocycles. The van der Waals surface area contributed by atoms with Gasteiger partial charge in [-0.3, -0.25) is 0 Å². The van der Waals surface area contributed by atoms with E-state index in [1.54, 1.807) is 5.57 Å². The van der Waals surface area contributed by atoms with Crippen molar-refractivity contribution in [1.29, 1.82) is 0 Å². The SMILES string of the molecule is C=C(C)[C@@H]1CC[C@]2(N)CC[C@@H]3[C@H](CC[C@H]4[C@@]3(C)CC[C@H]3C(C)(C)C(C)=CC[C@]43C)[C@@H]12. The molecule has 1 nitrogen and oxygen atoms in total. The van der Waals surface area contributed by atoms with Gasteiger partial charge in [0, 0.05) is 5.54 Å². The summed E-state index contributed by atoms with van der Waals surface area (Å²) >= 11 is 0. The molecular weight excluding hydrogens is 362 g/mol. The van der Waals surface area contributed by atoms with E-state index in [0.717, 1.165) is 23.7 Å². The van der Waals surface area contributed by atoms with Crippen LogP contribution in [-0.2, 0) is 0 Å². The molecule has 1 heteroatoms. The highest BCUT2D eigenvalue weighted by Crippen LogP contribution is 2.72. The lowest BCUT2D eigenvalue weighted by molar-refractivity contribution is -0.175. The van der Waals surface area contributed by atoms with Crippen LogP contribution >= 0.6 is 0 Å². The summed E-state index contributed by atoms with van der Waals surface area (Å²) in [7, 11) is 0. The van der Waals surface area contributed by atoms with Crippen molar-refractivity contribution in [3.8, 4) is 0 Å². The highest BCUT2D eigenvalue weighted by atomic mass is 14.8. The molecule has 168 valence electrons. The van der Waals surface area contributed by atoms with E-state index in [2.05, 4.69) is 54.2 Å². The van der Waals surface area contributed by atoms with E-state index in [-0.39, 0.29) is 5.54 Å². The lowest BCUT2D eigenvalue weighted by Gasteiger charge is -2.68. The standard InChI is InChI=1S/C29H47N/c1-18(2)20-11-16-29(30)17-12-22-21(25(20)29)8-9-24-27(22,6)15-13-23-26(4,5)19(3)10-14-28(23,24)7/h10,20-25H,1,8-9,11-17,30H2,2-7H3/t20-,21-,22+,23-,24-,25+,27-,28-,29-/m0/s1. The molecule has 0 amide bonds. The number of hydrogen-bond donors (Lipinski definition) is 1. The summed E-state index contributed by atoms with van der Waals surface area (Å²) in [6.07, 6.45) is 14.8. The Morgan fingerprint density at radius 3 is 2.33 bits per heavy atom. The second kappa shape index (κ2) is 6.49. The van der Waals surface area contributed by atoms with E-state index in [0.29, 0.717) is 28.1 Å². The number of hydrogen-bond acceptors (Lipinski definition) is 1. The molecule has 0 spiro atoms. The first-order valence-corrected chi connectivity index (χ1v) is 13.1. The Morgan fingerprint density at radius 1 is 0.933 bits per heavy atom. The van der Waals surface area contributed by atoms with Gasteiger partial charge < -0.3 is 5.73 Å². The maximum Gasteiger partial charge on any atom is 0.0191 e. The van der Waals surface area contributed by atoms with Crippen molar-refractivity contribution in [2.45, 2.75) is 105 Å². The Hall–Kier alpha value is -0.560. The molecule has 0 bridgehead atoms. The molecule has 0 saturated heterocycles. The van der Waals surface area contributed by atoms with Crippen LogP contribution in [-0.4, -0.2) is 5.54 Å². The van der Waals surface area contributed by atoms with Gasteiger partial charge in [0.25, 0.3) is 0 Å². The Kier molecular flexibility index (Phi) is 4.61. The minimum absolute atomic E-state index is 0.0990. The van der Waals surface area contributed by atoms with Crippen LogP contribution in [0, 0.1) is 51.8 Å².